The van der Waals surface area contributed by atoms with E-state index in [-0.39, 0.29) is 23.5 Å². The zero-order chi connectivity index (χ0) is 19.8. The Hall–Kier alpha value is -3.22. The average Bonchev–Trinajstić information content (AvgIpc) is 3.25. The third-order valence-electron chi connectivity index (χ3n) is 4.92. The summed E-state index contributed by atoms with van der Waals surface area (Å²) in [5.41, 5.74) is 2.49. The smallest absolute Gasteiger partial charge is 0.227 e. The van der Waals surface area contributed by atoms with Crippen molar-refractivity contribution < 1.29 is 9.90 Å². The number of carbonyl (C=O) groups excluding carboxylic acids is 1. The second-order valence-corrected chi connectivity index (χ2v) is 7.48. The van der Waals surface area contributed by atoms with Gasteiger partial charge in [-0.3, -0.25) is 9.78 Å². The predicted molar refractivity (Wildman–Crippen MR) is 106 cm³/mol. The van der Waals surface area contributed by atoms with E-state index < -0.39 is 0 Å². The highest BCUT2D eigenvalue weighted by molar-refractivity contribution is 5.96. The lowest BCUT2D eigenvalue weighted by Crippen LogP contribution is -2.24. The van der Waals surface area contributed by atoms with Crippen LogP contribution in [0.3, 0.4) is 0 Å². The van der Waals surface area contributed by atoms with Crippen LogP contribution in [0.4, 0.5) is 5.69 Å². The molecule has 7 heteroatoms. The second-order valence-electron chi connectivity index (χ2n) is 7.48. The number of phenols is 1. The number of nitrogens with zero attached hydrogens (tertiary/aromatic N) is 5. The molecule has 0 aliphatic carbocycles. The van der Waals surface area contributed by atoms with Crippen molar-refractivity contribution >= 4 is 11.6 Å². The molecule has 3 heterocycles. The number of aryl methyl sites for hydroxylation is 1. The number of hydrogen-bond donors (Lipinski definition) is 1. The molecule has 1 aliphatic rings. The standard InChI is InChI=1S/C21H23N5O2/c1-13(2)20-23-21(26(24-20)17-7-8-22-14(3)9-17)15-10-19(28)25(12-15)16-5-4-6-18(27)11-16/h4-9,11,13,15,27H,10,12H2,1-3H3/t15-/m0/s1. The van der Waals surface area contributed by atoms with E-state index in [1.54, 1.807) is 29.3 Å². The summed E-state index contributed by atoms with van der Waals surface area (Å²) >= 11 is 0. The summed E-state index contributed by atoms with van der Waals surface area (Å²) < 4.78 is 1.84. The Kier molecular flexibility index (Phi) is 4.58. The van der Waals surface area contributed by atoms with Crippen LogP contribution in [0.2, 0.25) is 0 Å². The first-order valence-electron chi connectivity index (χ1n) is 9.41. The van der Waals surface area contributed by atoms with Crippen LogP contribution < -0.4 is 4.90 Å². The van der Waals surface area contributed by atoms with Gasteiger partial charge in [0.25, 0.3) is 0 Å². The first kappa shape index (κ1) is 18.2. The number of carbonyl (C=O) groups is 1. The van der Waals surface area contributed by atoms with Gasteiger partial charge in [-0.25, -0.2) is 9.67 Å². The van der Waals surface area contributed by atoms with E-state index in [1.165, 1.54) is 0 Å². The number of aromatic nitrogens is 4. The topological polar surface area (TPSA) is 84.1 Å². The maximum Gasteiger partial charge on any atom is 0.227 e. The van der Waals surface area contributed by atoms with Gasteiger partial charge in [-0.05, 0) is 31.2 Å². The number of amides is 1. The molecule has 1 aromatic carbocycles. The van der Waals surface area contributed by atoms with Crippen molar-refractivity contribution in [3.8, 4) is 11.4 Å². The van der Waals surface area contributed by atoms with Crippen molar-refractivity contribution in [1.82, 2.24) is 19.7 Å². The second kappa shape index (κ2) is 7.07. The van der Waals surface area contributed by atoms with Gasteiger partial charge in [0.2, 0.25) is 5.91 Å². The molecule has 2 aromatic heterocycles. The zero-order valence-electron chi connectivity index (χ0n) is 16.2. The highest BCUT2D eigenvalue weighted by atomic mass is 16.3. The average molecular weight is 377 g/mol. The van der Waals surface area contributed by atoms with Gasteiger partial charge in [0.15, 0.2) is 5.82 Å². The Morgan fingerprint density at radius 3 is 2.71 bits per heavy atom. The molecule has 1 fully saturated rings. The van der Waals surface area contributed by atoms with Crippen molar-refractivity contribution in [2.24, 2.45) is 0 Å². The molecule has 1 aliphatic heterocycles. The SMILES string of the molecule is Cc1cc(-n2nc(C(C)C)nc2[C@H]2CC(=O)N(c3cccc(O)c3)C2)ccn1. The van der Waals surface area contributed by atoms with Gasteiger partial charge in [-0.2, -0.15) is 5.10 Å². The Balaban J connectivity index is 1.72. The van der Waals surface area contributed by atoms with Gasteiger partial charge in [0, 0.05) is 48.4 Å². The number of hydrogen-bond acceptors (Lipinski definition) is 5. The maximum absolute atomic E-state index is 12.7. The van der Waals surface area contributed by atoms with Crippen molar-refractivity contribution in [3.63, 3.8) is 0 Å². The normalized spacial score (nSPS) is 16.9. The Morgan fingerprint density at radius 1 is 1.18 bits per heavy atom. The van der Waals surface area contributed by atoms with Crippen molar-refractivity contribution in [2.75, 3.05) is 11.4 Å². The summed E-state index contributed by atoms with van der Waals surface area (Å²) in [4.78, 5) is 23.4. The third-order valence-corrected chi connectivity index (χ3v) is 4.92. The fraction of sp³-hybridized carbons (Fsp3) is 0.333. The van der Waals surface area contributed by atoms with E-state index in [1.807, 2.05) is 29.8 Å². The van der Waals surface area contributed by atoms with Gasteiger partial charge >= 0.3 is 0 Å². The van der Waals surface area contributed by atoms with Crippen LogP contribution in [-0.4, -0.2) is 37.3 Å². The lowest BCUT2D eigenvalue weighted by molar-refractivity contribution is -0.117. The van der Waals surface area contributed by atoms with Gasteiger partial charge < -0.3 is 10.0 Å². The monoisotopic (exact) mass is 377 g/mol. The number of anilines is 1. The van der Waals surface area contributed by atoms with Crippen molar-refractivity contribution in [3.05, 3.63) is 59.9 Å². The minimum absolute atomic E-state index is 0.0159. The highest BCUT2D eigenvalue weighted by Crippen LogP contribution is 2.33. The number of pyridine rings is 1. The molecular weight excluding hydrogens is 354 g/mol. The summed E-state index contributed by atoms with van der Waals surface area (Å²) in [6.45, 7) is 6.55. The molecule has 4 rings (SSSR count). The first-order valence-corrected chi connectivity index (χ1v) is 9.41. The molecule has 0 radical (unpaired) electrons. The number of benzene rings is 1. The molecule has 0 spiro atoms. The maximum atomic E-state index is 12.7. The van der Waals surface area contributed by atoms with Crippen LogP contribution in [-0.2, 0) is 4.79 Å². The van der Waals surface area contributed by atoms with Crippen molar-refractivity contribution in [2.45, 2.75) is 39.0 Å². The minimum Gasteiger partial charge on any atom is -0.508 e. The van der Waals surface area contributed by atoms with Crippen molar-refractivity contribution in [1.29, 1.82) is 0 Å². The van der Waals surface area contributed by atoms with Crippen LogP contribution in [0.25, 0.3) is 5.69 Å². The Labute approximate surface area is 163 Å². The fourth-order valence-electron chi connectivity index (χ4n) is 3.49. The molecule has 0 bridgehead atoms. The van der Waals surface area contributed by atoms with E-state index >= 15 is 0 Å². The van der Waals surface area contributed by atoms with E-state index in [0.29, 0.717) is 18.7 Å². The minimum atomic E-state index is -0.0803. The van der Waals surface area contributed by atoms with Crippen LogP contribution in [0.15, 0.2) is 42.6 Å². The van der Waals surface area contributed by atoms with Crippen LogP contribution in [0, 0.1) is 6.92 Å². The first-order chi connectivity index (χ1) is 13.4. The van der Waals surface area contributed by atoms with Gasteiger partial charge in [-0.1, -0.05) is 19.9 Å². The number of rotatable bonds is 4. The molecule has 1 N–H and O–H groups in total. The van der Waals surface area contributed by atoms with E-state index in [9.17, 15) is 9.90 Å². The molecule has 0 saturated carbocycles. The Morgan fingerprint density at radius 2 is 2.00 bits per heavy atom. The van der Waals surface area contributed by atoms with Crippen LogP contribution in [0.5, 0.6) is 5.75 Å². The fourth-order valence-corrected chi connectivity index (χ4v) is 3.49. The molecule has 3 aromatic rings. The summed E-state index contributed by atoms with van der Waals surface area (Å²) in [6.07, 6.45) is 2.11. The Bertz CT molecular complexity index is 1030. The lowest BCUT2D eigenvalue weighted by atomic mass is 10.1. The molecule has 1 saturated heterocycles. The molecule has 1 atom stereocenters. The zero-order valence-corrected chi connectivity index (χ0v) is 16.2. The molecule has 28 heavy (non-hydrogen) atoms. The quantitative estimate of drug-likeness (QED) is 0.754. The molecule has 7 nitrogen and oxygen atoms in total. The van der Waals surface area contributed by atoms with Gasteiger partial charge in [0.05, 0.1) is 5.69 Å². The van der Waals surface area contributed by atoms with E-state index in [2.05, 4.69) is 18.8 Å². The highest BCUT2D eigenvalue weighted by Gasteiger charge is 2.35. The lowest BCUT2D eigenvalue weighted by Gasteiger charge is -2.17. The number of aromatic hydroxyl groups is 1. The predicted octanol–water partition coefficient (Wildman–Crippen LogP) is 3.32. The number of phenolic OH excluding ortho intramolecular Hbond substituents is 1. The summed E-state index contributed by atoms with van der Waals surface area (Å²) in [7, 11) is 0. The molecule has 0 unspecified atom stereocenters. The summed E-state index contributed by atoms with van der Waals surface area (Å²) in [6, 6.07) is 10.6. The van der Waals surface area contributed by atoms with Crippen LogP contribution >= 0.6 is 0 Å². The summed E-state index contributed by atoms with van der Waals surface area (Å²) in [5.74, 6) is 1.80. The van der Waals surface area contributed by atoms with Crippen LogP contribution in [0.1, 0.15) is 49.4 Å². The van der Waals surface area contributed by atoms with E-state index in [4.69, 9.17) is 10.1 Å². The largest absolute Gasteiger partial charge is 0.508 e. The van der Waals surface area contributed by atoms with Gasteiger partial charge in [-0.15, -0.1) is 0 Å². The third kappa shape index (κ3) is 3.35. The van der Waals surface area contributed by atoms with E-state index in [0.717, 1.165) is 23.0 Å². The van der Waals surface area contributed by atoms with Gasteiger partial charge in [0.1, 0.15) is 11.6 Å². The summed E-state index contributed by atoms with van der Waals surface area (Å²) in [5, 5.41) is 14.5. The molecule has 144 valence electrons. The molecule has 1 amide bonds. The molecular formula is C21H23N5O2.